The fraction of sp³-hybridized carbons (Fsp3) is 0.433. The number of carbonyl (C=O) groups is 1. The van der Waals surface area contributed by atoms with Gasteiger partial charge in [-0.2, -0.15) is 5.21 Å². The Hall–Kier alpha value is -4.01. The number of carbonyl (C=O) groups excluding carboxylic acids is 1. The number of rotatable bonds is 11. The van der Waals surface area contributed by atoms with Crippen LogP contribution in [0.1, 0.15) is 75.2 Å². The Bertz CT molecular complexity index is 1450. The van der Waals surface area contributed by atoms with Crippen LogP contribution in [0.3, 0.4) is 0 Å². The maximum atomic E-state index is 13.9. The molecule has 2 aromatic carbocycles. The summed E-state index contributed by atoms with van der Waals surface area (Å²) in [6, 6.07) is 16.2. The maximum absolute atomic E-state index is 13.9. The van der Waals surface area contributed by atoms with Crippen LogP contribution in [0, 0.1) is 0 Å². The zero-order chi connectivity index (χ0) is 27.2. The molecule has 39 heavy (non-hydrogen) atoms. The molecule has 5 rings (SSSR count). The van der Waals surface area contributed by atoms with Crippen molar-refractivity contribution in [3.05, 3.63) is 75.7 Å². The predicted molar refractivity (Wildman–Crippen MR) is 149 cm³/mol. The molecule has 1 unspecified atom stereocenters. The summed E-state index contributed by atoms with van der Waals surface area (Å²) in [5.41, 5.74) is 6.05. The molecule has 9 heteroatoms. The third-order valence-corrected chi connectivity index (χ3v) is 7.52. The second-order valence-corrected chi connectivity index (χ2v) is 10.1. The molecule has 1 aliphatic rings. The number of aromatic nitrogens is 6. The second-order valence-electron chi connectivity index (χ2n) is 10.1. The summed E-state index contributed by atoms with van der Waals surface area (Å²) in [5, 5.41) is 14.5. The van der Waals surface area contributed by atoms with Gasteiger partial charge in [0.15, 0.2) is 0 Å². The summed E-state index contributed by atoms with van der Waals surface area (Å²) < 4.78 is 9.23. The van der Waals surface area contributed by atoms with Gasteiger partial charge in [0.05, 0.1) is 19.1 Å². The van der Waals surface area contributed by atoms with E-state index in [0.717, 1.165) is 78.6 Å². The number of nitrogens with zero attached hydrogens (tertiary/aromatic N) is 5. The van der Waals surface area contributed by atoms with Gasteiger partial charge < -0.3 is 4.74 Å². The number of nitrogens with one attached hydrogen (secondary N) is 1. The summed E-state index contributed by atoms with van der Waals surface area (Å²) in [7, 11) is 0. The SMILES string of the molecule is CCCCCc1c(Cc2ccc(-c3ccccc3-c3nn[nH]n3)cc2)c(=O)n2n1CCCC2CC(=O)OCC. The van der Waals surface area contributed by atoms with Crippen LogP contribution in [0.2, 0.25) is 0 Å². The number of tetrazole rings is 1. The minimum Gasteiger partial charge on any atom is -0.466 e. The standard InChI is InChI=1S/C30H36N6O3/c1-3-5-6-13-27-26(30(38)36-23(10-9-18-35(27)36)20-28(37)39-4-2)19-21-14-16-22(17-15-21)24-11-7-8-12-25(24)29-31-33-34-32-29/h7-8,11-12,14-17,23H,3-6,9-10,13,18-20H2,1-2H3,(H,31,32,33,34). The number of H-pyrrole nitrogens is 1. The van der Waals surface area contributed by atoms with Crippen molar-refractivity contribution in [3.63, 3.8) is 0 Å². The largest absolute Gasteiger partial charge is 0.466 e. The third-order valence-electron chi connectivity index (χ3n) is 7.52. The minimum atomic E-state index is -0.241. The van der Waals surface area contributed by atoms with Gasteiger partial charge in [0.2, 0.25) is 5.82 Å². The van der Waals surface area contributed by atoms with Crippen LogP contribution >= 0.6 is 0 Å². The smallest absolute Gasteiger partial charge is 0.307 e. The molecule has 204 valence electrons. The normalized spacial score (nSPS) is 14.8. The molecule has 0 radical (unpaired) electrons. The molecule has 0 amide bonds. The van der Waals surface area contributed by atoms with E-state index in [1.54, 1.807) is 0 Å². The van der Waals surface area contributed by atoms with Gasteiger partial charge in [0, 0.05) is 29.8 Å². The first-order chi connectivity index (χ1) is 19.1. The molecule has 0 saturated carbocycles. The zero-order valence-electron chi connectivity index (χ0n) is 22.7. The van der Waals surface area contributed by atoms with E-state index in [4.69, 9.17) is 4.74 Å². The van der Waals surface area contributed by atoms with E-state index in [2.05, 4.69) is 56.5 Å². The Morgan fingerprint density at radius 1 is 1.08 bits per heavy atom. The Morgan fingerprint density at radius 2 is 1.87 bits per heavy atom. The lowest BCUT2D eigenvalue weighted by molar-refractivity contribution is -0.144. The molecule has 0 bridgehead atoms. The first-order valence-electron chi connectivity index (χ1n) is 14.0. The quantitative estimate of drug-likeness (QED) is 0.214. The van der Waals surface area contributed by atoms with Crippen molar-refractivity contribution in [2.75, 3.05) is 6.61 Å². The Morgan fingerprint density at radius 3 is 2.59 bits per heavy atom. The third kappa shape index (κ3) is 5.72. The van der Waals surface area contributed by atoms with Crippen LogP contribution in [0.5, 0.6) is 0 Å². The number of hydrogen-bond acceptors (Lipinski definition) is 6. The highest BCUT2D eigenvalue weighted by Crippen LogP contribution is 2.31. The maximum Gasteiger partial charge on any atom is 0.307 e. The van der Waals surface area contributed by atoms with Crippen molar-refractivity contribution in [1.82, 2.24) is 30.0 Å². The zero-order valence-corrected chi connectivity index (χ0v) is 22.7. The van der Waals surface area contributed by atoms with Gasteiger partial charge in [-0.05, 0) is 54.5 Å². The average Bonchev–Trinajstić information content (AvgIpc) is 3.58. The highest BCUT2D eigenvalue weighted by molar-refractivity contribution is 5.80. The van der Waals surface area contributed by atoms with Crippen molar-refractivity contribution in [3.8, 4) is 22.5 Å². The van der Waals surface area contributed by atoms with Crippen LogP contribution < -0.4 is 5.56 Å². The molecule has 9 nitrogen and oxygen atoms in total. The van der Waals surface area contributed by atoms with E-state index in [-0.39, 0.29) is 24.0 Å². The molecular formula is C30H36N6O3. The lowest BCUT2D eigenvalue weighted by Crippen LogP contribution is -2.34. The number of benzene rings is 2. The van der Waals surface area contributed by atoms with Gasteiger partial charge in [-0.25, -0.2) is 4.68 Å². The summed E-state index contributed by atoms with van der Waals surface area (Å²) >= 11 is 0. The van der Waals surface area contributed by atoms with Gasteiger partial charge in [0.1, 0.15) is 0 Å². The van der Waals surface area contributed by atoms with E-state index in [9.17, 15) is 9.59 Å². The highest BCUT2D eigenvalue weighted by atomic mass is 16.5. The predicted octanol–water partition coefficient (Wildman–Crippen LogP) is 5.11. The molecule has 2 aromatic heterocycles. The molecular weight excluding hydrogens is 492 g/mol. The van der Waals surface area contributed by atoms with E-state index in [1.165, 1.54) is 0 Å². The average molecular weight is 529 g/mol. The molecule has 1 atom stereocenters. The van der Waals surface area contributed by atoms with Crippen LogP contribution in [0.4, 0.5) is 0 Å². The number of fused-ring (bicyclic) bond motifs is 1. The van der Waals surface area contributed by atoms with Crippen LogP contribution in [0.25, 0.3) is 22.5 Å². The molecule has 1 N–H and O–H groups in total. The summed E-state index contributed by atoms with van der Waals surface area (Å²) in [6.45, 7) is 5.16. The van der Waals surface area contributed by atoms with Crippen molar-refractivity contribution >= 4 is 5.97 Å². The van der Waals surface area contributed by atoms with Crippen molar-refractivity contribution in [2.45, 2.75) is 77.8 Å². The van der Waals surface area contributed by atoms with Crippen LogP contribution in [-0.4, -0.2) is 42.6 Å². The molecule has 0 fully saturated rings. The molecule has 0 saturated heterocycles. The molecule has 4 aromatic rings. The lowest BCUT2D eigenvalue weighted by Gasteiger charge is -2.27. The first-order valence-corrected chi connectivity index (χ1v) is 14.0. The van der Waals surface area contributed by atoms with Gasteiger partial charge >= 0.3 is 5.97 Å². The fourth-order valence-electron chi connectivity index (χ4n) is 5.67. The minimum absolute atomic E-state index is 0.0297. The van der Waals surface area contributed by atoms with Crippen molar-refractivity contribution in [2.24, 2.45) is 0 Å². The van der Waals surface area contributed by atoms with E-state index in [0.29, 0.717) is 18.9 Å². The number of aromatic amines is 1. The summed E-state index contributed by atoms with van der Waals surface area (Å²) in [4.78, 5) is 26.2. The molecule has 0 aliphatic carbocycles. The molecule has 3 heterocycles. The molecule has 0 spiro atoms. The van der Waals surface area contributed by atoms with E-state index >= 15 is 0 Å². The number of ether oxygens (including phenoxy) is 1. The summed E-state index contributed by atoms with van der Waals surface area (Å²) in [5.74, 6) is 0.311. The van der Waals surface area contributed by atoms with Crippen LogP contribution in [-0.2, 0) is 28.9 Å². The fourth-order valence-corrected chi connectivity index (χ4v) is 5.67. The van der Waals surface area contributed by atoms with Crippen molar-refractivity contribution < 1.29 is 9.53 Å². The Kier molecular flexibility index (Phi) is 8.34. The lowest BCUT2D eigenvalue weighted by atomic mass is 9.96. The summed E-state index contributed by atoms with van der Waals surface area (Å²) in [6.07, 6.45) is 6.72. The van der Waals surface area contributed by atoms with Crippen LogP contribution in [0.15, 0.2) is 53.3 Å². The molecule has 1 aliphatic heterocycles. The highest BCUT2D eigenvalue weighted by Gasteiger charge is 2.29. The second kappa shape index (κ2) is 12.2. The topological polar surface area (TPSA) is 108 Å². The first kappa shape index (κ1) is 26.6. The number of unbranched alkanes of at least 4 members (excludes halogenated alkanes) is 2. The Balaban J connectivity index is 1.45. The van der Waals surface area contributed by atoms with E-state index in [1.807, 2.05) is 35.9 Å². The van der Waals surface area contributed by atoms with Gasteiger partial charge in [-0.15, -0.1) is 10.2 Å². The number of esters is 1. The monoisotopic (exact) mass is 528 g/mol. The van der Waals surface area contributed by atoms with Gasteiger partial charge in [0.25, 0.3) is 5.56 Å². The Labute approximate surface area is 228 Å². The number of hydrogen-bond donors (Lipinski definition) is 1. The van der Waals surface area contributed by atoms with Gasteiger partial charge in [-0.3, -0.25) is 14.3 Å². The van der Waals surface area contributed by atoms with Gasteiger partial charge in [-0.1, -0.05) is 68.3 Å². The van der Waals surface area contributed by atoms with Crippen molar-refractivity contribution in [1.29, 1.82) is 0 Å². The van der Waals surface area contributed by atoms with E-state index < -0.39 is 0 Å².